The maximum absolute atomic E-state index is 14.7. The topological polar surface area (TPSA) is 295 Å². The van der Waals surface area contributed by atoms with Crippen molar-refractivity contribution in [1.29, 1.82) is 0 Å². The molecule has 3 aromatic rings. The van der Waals surface area contributed by atoms with Crippen molar-refractivity contribution in [2.45, 2.75) is 139 Å². The highest BCUT2D eigenvalue weighted by Crippen LogP contribution is 2.28. The molecule has 19 heteroatoms. The van der Waals surface area contributed by atoms with Gasteiger partial charge in [0.15, 0.2) is 5.96 Å². The fourth-order valence-electron chi connectivity index (χ4n) is 9.44. The lowest BCUT2D eigenvalue weighted by Crippen LogP contribution is -2.60. The Balaban J connectivity index is 1.32. The molecule has 7 amide bonds. The number of fused-ring (bicyclic) bond motifs is 2. The number of aliphatic hydroxyl groups excluding tert-OH is 1. The predicted octanol–water partition coefficient (Wildman–Crippen LogP) is 0.683. The minimum atomic E-state index is -1.25. The lowest BCUT2D eigenvalue weighted by Gasteiger charge is -2.31. The highest BCUT2D eigenvalue weighted by molar-refractivity contribution is 5.98. The molecule has 1 aliphatic carbocycles. The maximum atomic E-state index is 14.7. The number of hydrogen-bond donors (Lipinski definition) is 10. The van der Waals surface area contributed by atoms with Gasteiger partial charge in [-0.05, 0) is 61.6 Å². The SMILES string of the molecule is CC(=O)N[C@@H](Cc1ccccc1)C(=O)N[C@H]1CCCNC(=O)C(CCCN=C(N)N)NC(=O)C(Cc2c[nH]c3ccccc23)NC(=O)[C@@H](CCC2CCCCC2)NC(=O)C2C[C@@H](O)CN2C1=O. The Bertz CT molecular complexity index is 2220. The molecule has 67 heavy (non-hydrogen) atoms. The number of hydrogen-bond acceptors (Lipinski definition) is 9. The summed E-state index contributed by atoms with van der Waals surface area (Å²) in [6, 6.07) is 9.68. The standard InChI is InChI=1S/C48H67N11O8/c1-29(60)54-39(24-31-14-6-3-7-15-31)44(64)57-38-19-11-22-51-42(62)36(18-10-23-52-48(49)50)55-45(65)40(25-32-27-53-35-17-9-8-16-34(32)35)58-43(63)37(21-20-30-12-4-2-5-13-30)56-46(66)41-26-33(61)28-59(41)47(38)67/h3,6-9,14-17,27,30,33,36-41,53,61H,2,4-5,10-13,18-26,28H2,1H3,(H,51,62)(H,54,60)(H,55,65)(H,56,66)(H,57,64)(H,58,63)(H4,49,50,52)/t33-,36?,37-,38+,39+,40?,41?/m1/s1. The van der Waals surface area contributed by atoms with E-state index >= 15 is 0 Å². The molecular weight excluding hydrogens is 859 g/mol. The van der Waals surface area contributed by atoms with Crippen LogP contribution in [-0.4, -0.2) is 124 Å². The number of aliphatic imine (C=N–C) groups is 1. The minimum Gasteiger partial charge on any atom is -0.391 e. The molecule has 3 aliphatic rings. The number of carbonyl (C=O) groups is 7. The molecule has 3 fully saturated rings. The summed E-state index contributed by atoms with van der Waals surface area (Å²) in [5, 5.41) is 28.9. The molecule has 2 saturated heterocycles. The number of aliphatic hydroxyl groups is 1. The van der Waals surface area contributed by atoms with E-state index in [2.05, 4.69) is 41.9 Å². The van der Waals surface area contributed by atoms with Gasteiger partial charge in [-0.15, -0.1) is 0 Å². The van der Waals surface area contributed by atoms with Gasteiger partial charge in [-0.2, -0.15) is 0 Å². The fraction of sp³-hybridized carbons (Fsp3) is 0.542. The van der Waals surface area contributed by atoms with Gasteiger partial charge in [-0.25, -0.2) is 0 Å². The zero-order valence-corrected chi connectivity index (χ0v) is 38.3. The third-order valence-corrected chi connectivity index (χ3v) is 13.0. The lowest BCUT2D eigenvalue weighted by atomic mass is 9.85. The first-order valence-corrected chi connectivity index (χ1v) is 23.6. The molecule has 2 aliphatic heterocycles. The largest absolute Gasteiger partial charge is 0.391 e. The van der Waals surface area contributed by atoms with E-state index in [4.69, 9.17) is 11.5 Å². The van der Waals surface area contributed by atoms with E-state index in [1.165, 1.54) is 11.8 Å². The molecule has 3 heterocycles. The van der Waals surface area contributed by atoms with Crippen molar-refractivity contribution < 1.29 is 38.7 Å². The first-order valence-electron chi connectivity index (χ1n) is 23.6. The summed E-state index contributed by atoms with van der Waals surface area (Å²) >= 11 is 0. The number of aromatic nitrogens is 1. The van der Waals surface area contributed by atoms with Crippen LogP contribution in [0.1, 0.15) is 95.1 Å². The second kappa shape index (κ2) is 24.3. The molecule has 0 bridgehead atoms. The molecule has 0 spiro atoms. The van der Waals surface area contributed by atoms with Gasteiger partial charge >= 0.3 is 0 Å². The van der Waals surface area contributed by atoms with Crippen LogP contribution >= 0.6 is 0 Å². The number of rotatable bonds is 14. The number of carbonyl (C=O) groups excluding carboxylic acids is 7. The molecule has 2 aromatic carbocycles. The Hall–Kier alpha value is -6.50. The van der Waals surface area contributed by atoms with Crippen LogP contribution in [0.5, 0.6) is 0 Å². The van der Waals surface area contributed by atoms with Crippen molar-refractivity contribution >= 4 is 58.2 Å². The molecule has 12 N–H and O–H groups in total. The van der Waals surface area contributed by atoms with Crippen LogP contribution in [0.15, 0.2) is 65.8 Å². The Morgan fingerprint density at radius 2 is 1.51 bits per heavy atom. The number of aromatic amines is 1. The van der Waals surface area contributed by atoms with Crippen LogP contribution in [0.25, 0.3) is 10.9 Å². The molecule has 19 nitrogen and oxygen atoms in total. The molecule has 6 rings (SSSR count). The van der Waals surface area contributed by atoms with Crippen LogP contribution in [0.3, 0.4) is 0 Å². The second-order valence-corrected chi connectivity index (χ2v) is 18.1. The zero-order chi connectivity index (χ0) is 47.9. The molecule has 3 unspecified atom stereocenters. The Kier molecular flexibility index (Phi) is 18.1. The molecule has 362 valence electrons. The summed E-state index contributed by atoms with van der Waals surface area (Å²) in [5.74, 6) is -3.98. The first-order chi connectivity index (χ1) is 32.2. The third-order valence-electron chi connectivity index (χ3n) is 13.0. The smallest absolute Gasteiger partial charge is 0.245 e. The molecule has 1 aromatic heterocycles. The van der Waals surface area contributed by atoms with Gasteiger partial charge < -0.3 is 58.4 Å². The zero-order valence-electron chi connectivity index (χ0n) is 38.3. The van der Waals surface area contributed by atoms with Crippen molar-refractivity contribution in [2.24, 2.45) is 22.4 Å². The van der Waals surface area contributed by atoms with Crippen molar-refractivity contribution in [2.75, 3.05) is 19.6 Å². The normalized spacial score (nSPS) is 24.2. The molecule has 0 radical (unpaired) electrons. The van der Waals surface area contributed by atoms with Crippen molar-refractivity contribution in [3.8, 4) is 0 Å². The Morgan fingerprint density at radius 1 is 0.821 bits per heavy atom. The number of amides is 7. The number of nitrogens with two attached hydrogens (primary N) is 2. The molecular formula is C48H67N11O8. The lowest BCUT2D eigenvalue weighted by molar-refractivity contribution is -0.143. The van der Waals surface area contributed by atoms with Crippen molar-refractivity contribution in [3.63, 3.8) is 0 Å². The van der Waals surface area contributed by atoms with E-state index in [-0.39, 0.29) is 70.5 Å². The van der Waals surface area contributed by atoms with Crippen LogP contribution in [-0.2, 0) is 46.4 Å². The molecule has 7 atom stereocenters. The fourth-order valence-corrected chi connectivity index (χ4v) is 9.44. The summed E-state index contributed by atoms with van der Waals surface area (Å²) in [6.45, 7) is 1.27. The maximum Gasteiger partial charge on any atom is 0.245 e. The number of H-pyrrole nitrogens is 1. The number of para-hydroxylation sites is 1. The van der Waals surface area contributed by atoms with E-state index in [1.807, 2.05) is 42.5 Å². The van der Waals surface area contributed by atoms with E-state index < -0.39 is 83.7 Å². The summed E-state index contributed by atoms with van der Waals surface area (Å²) in [4.78, 5) is 107. The summed E-state index contributed by atoms with van der Waals surface area (Å²) in [7, 11) is 0. The van der Waals surface area contributed by atoms with Crippen molar-refractivity contribution in [3.05, 3.63) is 71.9 Å². The van der Waals surface area contributed by atoms with Gasteiger partial charge in [0.05, 0.1) is 6.10 Å². The van der Waals surface area contributed by atoms with Crippen molar-refractivity contribution in [1.82, 2.24) is 41.8 Å². The van der Waals surface area contributed by atoms with Gasteiger partial charge in [0.2, 0.25) is 41.4 Å². The summed E-state index contributed by atoms with van der Waals surface area (Å²) < 4.78 is 0. The van der Waals surface area contributed by atoms with Crippen LogP contribution in [0.4, 0.5) is 0 Å². The van der Waals surface area contributed by atoms with Crippen LogP contribution in [0, 0.1) is 5.92 Å². The van der Waals surface area contributed by atoms with Gasteiger partial charge in [0, 0.05) is 62.9 Å². The third kappa shape index (κ3) is 14.5. The minimum absolute atomic E-state index is 0.00938. The van der Waals surface area contributed by atoms with Crippen LogP contribution in [0.2, 0.25) is 0 Å². The van der Waals surface area contributed by atoms with Gasteiger partial charge in [0.25, 0.3) is 0 Å². The molecule has 1 saturated carbocycles. The number of nitrogens with zero attached hydrogens (tertiary/aromatic N) is 2. The summed E-state index contributed by atoms with van der Waals surface area (Å²) in [6.07, 6.45) is 7.43. The second-order valence-electron chi connectivity index (χ2n) is 18.1. The Morgan fingerprint density at radius 3 is 2.25 bits per heavy atom. The van der Waals surface area contributed by atoms with Crippen LogP contribution < -0.4 is 43.4 Å². The first kappa shape index (κ1) is 49.9. The monoisotopic (exact) mass is 926 g/mol. The van der Waals surface area contributed by atoms with Gasteiger partial charge in [-0.3, -0.25) is 38.6 Å². The average molecular weight is 926 g/mol. The van der Waals surface area contributed by atoms with E-state index in [0.717, 1.165) is 54.1 Å². The quantitative estimate of drug-likeness (QED) is 0.0613. The average Bonchev–Trinajstić information content (AvgIpc) is 3.92. The number of guanidine groups is 1. The van der Waals surface area contributed by atoms with E-state index in [9.17, 15) is 38.7 Å². The highest BCUT2D eigenvalue weighted by atomic mass is 16.3. The van der Waals surface area contributed by atoms with Gasteiger partial charge in [0.1, 0.15) is 36.3 Å². The number of benzene rings is 2. The predicted molar refractivity (Wildman–Crippen MR) is 252 cm³/mol. The highest BCUT2D eigenvalue weighted by Gasteiger charge is 2.43. The Labute approximate surface area is 390 Å². The number of nitrogens with one attached hydrogen (secondary N) is 7. The van der Waals surface area contributed by atoms with E-state index in [0.29, 0.717) is 18.8 Å². The van der Waals surface area contributed by atoms with Gasteiger partial charge in [-0.1, -0.05) is 80.6 Å². The van der Waals surface area contributed by atoms with E-state index in [1.54, 1.807) is 18.3 Å². The summed E-state index contributed by atoms with van der Waals surface area (Å²) in [5.41, 5.74) is 13.4.